The summed E-state index contributed by atoms with van der Waals surface area (Å²) in [6.45, 7) is 3.46. The van der Waals surface area contributed by atoms with Crippen LogP contribution in [0.3, 0.4) is 0 Å². The SMILES string of the molecule is CCOC(=O)[C@H](C)CNS(=O)(=O)c1cc(OC)ccc1OC. The summed E-state index contributed by atoms with van der Waals surface area (Å²) < 4.78 is 42.0. The Morgan fingerprint density at radius 1 is 1.27 bits per heavy atom. The summed E-state index contributed by atoms with van der Waals surface area (Å²) in [4.78, 5) is 11.5. The molecule has 0 bridgehead atoms. The first-order valence-electron chi connectivity index (χ1n) is 6.74. The number of carbonyl (C=O) groups is 1. The fourth-order valence-corrected chi connectivity index (χ4v) is 2.99. The van der Waals surface area contributed by atoms with Crippen molar-refractivity contribution in [1.82, 2.24) is 4.72 Å². The molecule has 0 spiro atoms. The third-order valence-electron chi connectivity index (χ3n) is 2.93. The third-order valence-corrected chi connectivity index (χ3v) is 4.37. The van der Waals surface area contributed by atoms with Gasteiger partial charge in [0.2, 0.25) is 10.0 Å². The van der Waals surface area contributed by atoms with Gasteiger partial charge in [0.05, 0.1) is 26.7 Å². The molecule has 0 heterocycles. The number of methoxy groups -OCH3 is 2. The lowest BCUT2D eigenvalue weighted by Crippen LogP contribution is -2.32. The Hall–Kier alpha value is -1.80. The van der Waals surface area contributed by atoms with Crippen LogP contribution in [0, 0.1) is 5.92 Å². The van der Waals surface area contributed by atoms with Gasteiger partial charge in [-0.3, -0.25) is 4.79 Å². The summed E-state index contributed by atoms with van der Waals surface area (Å²) in [6, 6.07) is 4.46. The van der Waals surface area contributed by atoms with Crippen molar-refractivity contribution in [3.05, 3.63) is 18.2 Å². The first kappa shape index (κ1) is 18.2. The number of benzene rings is 1. The molecule has 0 aliphatic rings. The highest BCUT2D eigenvalue weighted by atomic mass is 32.2. The summed E-state index contributed by atoms with van der Waals surface area (Å²) >= 11 is 0. The maximum absolute atomic E-state index is 12.4. The van der Waals surface area contributed by atoms with Crippen LogP contribution in [-0.2, 0) is 19.6 Å². The summed E-state index contributed by atoms with van der Waals surface area (Å²) in [5.74, 6) is -0.467. The number of sulfonamides is 1. The summed E-state index contributed by atoms with van der Waals surface area (Å²) in [5.41, 5.74) is 0. The van der Waals surface area contributed by atoms with Crippen LogP contribution in [0.2, 0.25) is 0 Å². The predicted octanol–water partition coefficient (Wildman–Crippen LogP) is 1.18. The Morgan fingerprint density at radius 2 is 1.95 bits per heavy atom. The molecule has 0 aliphatic carbocycles. The van der Waals surface area contributed by atoms with Crippen molar-refractivity contribution in [3.63, 3.8) is 0 Å². The molecule has 1 aromatic rings. The highest BCUT2D eigenvalue weighted by Crippen LogP contribution is 2.28. The average Bonchev–Trinajstić information content (AvgIpc) is 2.52. The summed E-state index contributed by atoms with van der Waals surface area (Å²) in [7, 11) is -1.03. The minimum atomic E-state index is -3.84. The zero-order chi connectivity index (χ0) is 16.8. The van der Waals surface area contributed by atoms with Crippen LogP contribution in [0.5, 0.6) is 11.5 Å². The van der Waals surface area contributed by atoms with Gasteiger partial charge in [0.25, 0.3) is 0 Å². The van der Waals surface area contributed by atoms with Crippen LogP contribution in [-0.4, -0.2) is 41.8 Å². The normalized spacial score (nSPS) is 12.5. The second kappa shape index (κ2) is 8.00. The Morgan fingerprint density at radius 3 is 2.50 bits per heavy atom. The Bertz CT molecular complexity index is 614. The van der Waals surface area contributed by atoms with Crippen molar-refractivity contribution in [2.75, 3.05) is 27.4 Å². The fraction of sp³-hybridized carbons (Fsp3) is 0.500. The molecule has 0 amide bonds. The molecule has 1 rings (SSSR count). The van der Waals surface area contributed by atoms with Crippen LogP contribution in [0.1, 0.15) is 13.8 Å². The van der Waals surface area contributed by atoms with Gasteiger partial charge in [-0.1, -0.05) is 6.92 Å². The van der Waals surface area contributed by atoms with Gasteiger partial charge < -0.3 is 14.2 Å². The van der Waals surface area contributed by atoms with E-state index in [1.807, 2.05) is 0 Å². The molecule has 7 nitrogen and oxygen atoms in total. The zero-order valence-electron chi connectivity index (χ0n) is 13.1. The molecule has 1 N–H and O–H groups in total. The second-order valence-corrected chi connectivity index (χ2v) is 6.26. The van der Waals surface area contributed by atoms with E-state index < -0.39 is 21.9 Å². The largest absolute Gasteiger partial charge is 0.497 e. The van der Waals surface area contributed by atoms with E-state index in [0.717, 1.165) is 0 Å². The van der Waals surface area contributed by atoms with Gasteiger partial charge in [0.15, 0.2) is 0 Å². The van der Waals surface area contributed by atoms with E-state index >= 15 is 0 Å². The lowest BCUT2D eigenvalue weighted by atomic mass is 10.2. The van der Waals surface area contributed by atoms with E-state index in [1.165, 1.54) is 26.4 Å². The molecule has 0 saturated heterocycles. The van der Waals surface area contributed by atoms with Gasteiger partial charge in [-0.05, 0) is 19.1 Å². The quantitative estimate of drug-likeness (QED) is 0.719. The molecule has 0 radical (unpaired) electrons. The Kier molecular flexibility index (Phi) is 6.63. The van der Waals surface area contributed by atoms with Crippen LogP contribution < -0.4 is 14.2 Å². The van der Waals surface area contributed by atoms with Crippen LogP contribution >= 0.6 is 0 Å². The maximum atomic E-state index is 12.4. The minimum absolute atomic E-state index is 0.0505. The number of hydrogen-bond acceptors (Lipinski definition) is 6. The fourth-order valence-electron chi connectivity index (χ4n) is 1.67. The number of nitrogens with one attached hydrogen (secondary N) is 1. The molecule has 22 heavy (non-hydrogen) atoms. The van der Waals surface area contributed by atoms with Crippen molar-refractivity contribution < 1.29 is 27.4 Å². The number of ether oxygens (including phenoxy) is 3. The molecule has 0 saturated carbocycles. The highest BCUT2D eigenvalue weighted by molar-refractivity contribution is 7.89. The molecule has 1 aromatic carbocycles. The summed E-state index contributed by atoms with van der Waals surface area (Å²) in [6.07, 6.45) is 0. The molecule has 124 valence electrons. The topological polar surface area (TPSA) is 90.9 Å². The standard InChI is InChI=1S/C14H21NO6S/c1-5-21-14(16)10(2)9-15-22(17,18)13-8-11(19-3)6-7-12(13)20-4/h6-8,10,15H,5,9H2,1-4H3/t10-/m1/s1. The second-order valence-electron chi connectivity index (χ2n) is 4.52. The van der Waals surface area contributed by atoms with Gasteiger partial charge in [-0.2, -0.15) is 0 Å². The van der Waals surface area contributed by atoms with Gasteiger partial charge in [0, 0.05) is 12.6 Å². The molecular weight excluding hydrogens is 310 g/mol. The lowest BCUT2D eigenvalue weighted by molar-refractivity contribution is -0.147. The van der Waals surface area contributed by atoms with Crippen molar-refractivity contribution in [2.45, 2.75) is 18.7 Å². The molecule has 0 unspecified atom stereocenters. The van der Waals surface area contributed by atoms with Crippen LogP contribution in [0.4, 0.5) is 0 Å². The van der Waals surface area contributed by atoms with Gasteiger partial charge in [-0.15, -0.1) is 0 Å². The minimum Gasteiger partial charge on any atom is -0.497 e. The Labute approximate surface area is 130 Å². The van der Waals surface area contributed by atoms with E-state index in [-0.39, 0.29) is 23.8 Å². The van der Waals surface area contributed by atoms with Gasteiger partial charge >= 0.3 is 5.97 Å². The van der Waals surface area contributed by atoms with E-state index in [4.69, 9.17) is 14.2 Å². The smallest absolute Gasteiger partial charge is 0.309 e. The van der Waals surface area contributed by atoms with E-state index in [1.54, 1.807) is 19.9 Å². The van der Waals surface area contributed by atoms with E-state index in [9.17, 15) is 13.2 Å². The number of esters is 1. The first-order valence-corrected chi connectivity index (χ1v) is 8.22. The molecule has 1 atom stereocenters. The van der Waals surface area contributed by atoms with Crippen molar-refractivity contribution in [1.29, 1.82) is 0 Å². The van der Waals surface area contributed by atoms with Crippen molar-refractivity contribution in [2.24, 2.45) is 5.92 Å². The predicted molar refractivity (Wildman–Crippen MR) is 80.5 cm³/mol. The number of rotatable bonds is 8. The van der Waals surface area contributed by atoms with E-state index in [2.05, 4.69) is 4.72 Å². The monoisotopic (exact) mass is 331 g/mol. The van der Waals surface area contributed by atoms with Crippen LogP contribution in [0.15, 0.2) is 23.1 Å². The van der Waals surface area contributed by atoms with Gasteiger partial charge in [-0.25, -0.2) is 13.1 Å². The summed E-state index contributed by atoms with van der Waals surface area (Å²) in [5, 5.41) is 0. The lowest BCUT2D eigenvalue weighted by Gasteiger charge is -2.14. The molecule has 0 aromatic heterocycles. The molecule has 0 fully saturated rings. The molecule has 0 aliphatic heterocycles. The van der Waals surface area contributed by atoms with Crippen LogP contribution in [0.25, 0.3) is 0 Å². The Balaban J connectivity index is 2.92. The maximum Gasteiger partial charge on any atom is 0.309 e. The van der Waals surface area contributed by atoms with Crippen molar-refractivity contribution >= 4 is 16.0 Å². The van der Waals surface area contributed by atoms with E-state index in [0.29, 0.717) is 5.75 Å². The average molecular weight is 331 g/mol. The molecule has 8 heteroatoms. The highest BCUT2D eigenvalue weighted by Gasteiger charge is 2.23. The first-order chi connectivity index (χ1) is 10.4. The molecular formula is C14H21NO6S. The van der Waals surface area contributed by atoms with Gasteiger partial charge in [0.1, 0.15) is 16.4 Å². The number of hydrogen-bond donors (Lipinski definition) is 1. The zero-order valence-corrected chi connectivity index (χ0v) is 13.9. The van der Waals surface area contributed by atoms with Crippen molar-refractivity contribution in [3.8, 4) is 11.5 Å². The number of carbonyl (C=O) groups excluding carboxylic acids is 1. The third kappa shape index (κ3) is 4.60.